The molecule has 3 aromatic rings. The number of hydrogen-bond acceptors (Lipinski definition) is 10. The molecule has 0 spiro atoms. The Labute approximate surface area is 327 Å². The maximum Gasteiger partial charge on any atom is 0.407 e. The molecule has 2 aliphatic heterocycles. The molecule has 3 heterocycles. The van der Waals surface area contributed by atoms with E-state index < -0.39 is 79.6 Å². The Balaban J connectivity index is 1.27. The standard InChI is InChI=1S/C41H50N6O8S/c1-7-26-21-41(26,37(50)46-56(52,53)28-15-16-28)45-34(48)31-20-27-22-47(31)36(49)33(39(2,3)4)44-38(51)54-23-40(5,6)18-17-24-11-10-12-25(19-24)32-35(55-27)43-30-14-9-8-13-29(30)42-32/h7-14,19,26-28,31,33H,1,15-18,20-23H2,2-6H3,(H,44,51)(H,45,48)(H,46,50)/t26-,27-,31+,33-,41-/m1/s1. The van der Waals surface area contributed by atoms with Crippen molar-refractivity contribution < 1.29 is 37.1 Å². The van der Waals surface area contributed by atoms with Crippen molar-refractivity contribution in [1.82, 2.24) is 30.2 Å². The quantitative estimate of drug-likeness (QED) is 0.302. The number of hydrogen-bond donors (Lipinski definition) is 3. The maximum atomic E-state index is 14.7. The van der Waals surface area contributed by atoms with Crippen molar-refractivity contribution >= 4 is 44.9 Å². The van der Waals surface area contributed by atoms with Crippen molar-refractivity contribution in [3.8, 4) is 17.1 Å². The smallest absolute Gasteiger partial charge is 0.407 e. The van der Waals surface area contributed by atoms with Crippen LogP contribution < -0.4 is 20.1 Å². The Kier molecular flexibility index (Phi) is 10.1. The van der Waals surface area contributed by atoms with Crippen LogP contribution in [0.5, 0.6) is 5.88 Å². The Morgan fingerprint density at radius 1 is 1.05 bits per heavy atom. The van der Waals surface area contributed by atoms with Crippen LogP contribution in [0, 0.1) is 16.7 Å². The number of carbonyl (C=O) groups excluding carboxylic acids is 4. The average Bonchev–Trinajstić information content (AvgIpc) is 4.08. The third-order valence-electron chi connectivity index (χ3n) is 11.2. The zero-order valence-electron chi connectivity index (χ0n) is 32.5. The van der Waals surface area contributed by atoms with Gasteiger partial charge in [-0.25, -0.2) is 23.2 Å². The number of alkyl carbamates (subject to hydrolysis) is 1. The SMILES string of the molecule is C=C[C@@H]1C[C@]1(NC(=O)[C@@H]1C[C@@H]2CN1C(=O)[C@H](C(C)(C)C)NC(=O)OCC(C)(C)CCc1cccc(c1)-c1nc3ccccc3nc1O2)C(=O)NS(=O)(=O)C1CC1. The van der Waals surface area contributed by atoms with Gasteiger partial charge in [-0.1, -0.05) is 71.0 Å². The molecule has 2 aliphatic carbocycles. The van der Waals surface area contributed by atoms with Gasteiger partial charge in [-0.15, -0.1) is 6.58 Å². The monoisotopic (exact) mass is 786 g/mol. The Morgan fingerprint density at radius 3 is 2.43 bits per heavy atom. The predicted molar refractivity (Wildman–Crippen MR) is 209 cm³/mol. The second kappa shape index (κ2) is 14.5. The van der Waals surface area contributed by atoms with Gasteiger partial charge in [-0.3, -0.25) is 19.1 Å². The lowest BCUT2D eigenvalue weighted by Crippen LogP contribution is -2.60. The highest BCUT2D eigenvalue weighted by Gasteiger charge is 2.62. The average molecular weight is 787 g/mol. The molecule has 1 aromatic heterocycles. The van der Waals surface area contributed by atoms with Crippen molar-refractivity contribution in [2.75, 3.05) is 13.2 Å². The van der Waals surface area contributed by atoms with Crippen LogP contribution in [0.15, 0.2) is 61.2 Å². The summed E-state index contributed by atoms with van der Waals surface area (Å²) in [7, 11) is -3.91. The Hall–Kier alpha value is -5.05. The van der Waals surface area contributed by atoms with Gasteiger partial charge in [0, 0.05) is 17.9 Å². The van der Waals surface area contributed by atoms with Crippen LogP contribution in [-0.4, -0.2) is 89.2 Å². The van der Waals surface area contributed by atoms with Gasteiger partial charge in [0.15, 0.2) is 0 Å². The molecule has 0 radical (unpaired) electrons. The first kappa shape index (κ1) is 39.2. The lowest BCUT2D eigenvalue weighted by molar-refractivity contribution is -0.142. The van der Waals surface area contributed by atoms with E-state index in [9.17, 15) is 27.6 Å². The summed E-state index contributed by atoms with van der Waals surface area (Å²) in [5.74, 6) is -2.38. The molecule has 1 saturated heterocycles. The number of benzene rings is 2. The summed E-state index contributed by atoms with van der Waals surface area (Å²) in [6.07, 6.45) is 2.41. The van der Waals surface area contributed by atoms with Gasteiger partial charge in [0.25, 0.3) is 5.91 Å². The van der Waals surface area contributed by atoms with Crippen LogP contribution in [0.1, 0.15) is 72.3 Å². The van der Waals surface area contributed by atoms with Crippen LogP contribution in [-0.2, 0) is 35.6 Å². The summed E-state index contributed by atoms with van der Waals surface area (Å²) in [5.41, 5.74) is 0.782. The first-order valence-electron chi connectivity index (χ1n) is 19.2. The minimum absolute atomic E-state index is 0.00210. The van der Waals surface area contributed by atoms with Crippen molar-refractivity contribution in [3.05, 3.63) is 66.7 Å². The molecule has 56 heavy (non-hydrogen) atoms. The highest BCUT2D eigenvalue weighted by atomic mass is 32.2. The molecule has 7 rings (SSSR count). The van der Waals surface area contributed by atoms with Gasteiger partial charge in [-0.05, 0) is 66.7 Å². The number of para-hydroxylation sites is 2. The minimum Gasteiger partial charge on any atom is -0.471 e. The van der Waals surface area contributed by atoms with E-state index >= 15 is 0 Å². The second-order valence-corrected chi connectivity index (χ2v) is 19.4. The normalized spacial score (nSPS) is 26.7. The molecular formula is C41H50N6O8S. The number of nitrogens with one attached hydrogen (secondary N) is 3. The number of aromatic nitrogens is 2. The van der Waals surface area contributed by atoms with Crippen molar-refractivity contribution in [2.45, 2.75) is 102 Å². The number of nitrogens with zero attached hydrogens (tertiary/aromatic N) is 3. The van der Waals surface area contributed by atoms with Crippen LogP contribution in [0.3, 0.4) is 0 Å². The van der Waals surface area contributed by atoms with Gasteiger partial charge < -0.3 is 25.0 Å². The minimum atomic E-state index is -3.91. The molecule has 4 bridgehead atoms. The summed E-state index contributed by atoms with van der Waals surface area (Å²) >= 11 is 0. The van der Waals surface area contributed by atoms with E-state index in [1.165, 1.54) is 11.0 Å². The summed E-state index contributed by atoms with van der Waals surface area (Å²) in [6, 6.07) is 13.1. The molecule has 2 saturated carbocycles. The summed E-state index contributed by atoms with van der Waals surface area (Å²) in [6.45, 7) is 13.2. The predicted octanol–water partition coefficient (Wildman–Crippen LogP) is 4.43. The molecule has 3 N–H and O–H groups in total. The van der Waals surface area contributed by atoms with Gasteiger partial charge in [0.1, 0.15) is 29.4 Å². The number of sulfonamides is 1. The molecule has 0 unspecified atom stereocenters. The maximum absolute atomic E-state index is 14.7. The number of amides is 4. The molecule has 5 atom stereocenters. The fourth-order valence-electron chi connectivity index (χ4n) is 7.47. The van der Waals surface area contributed by atoms with Crippen LogP contribution in [0.4, 0.5) is 4.79 Å². The van der Waals surface area contributed by atoms with Crippen molar-refractivity contribution in [3.63, 3.8) is 0 Å². The number of aryl methyl sites for hydroxylation is 1. The number of cyclic esters (lactones) is 1. The Morgan fingerprint density at radius 2 is 1.77 bits per heavy atom. The number of carbonyl (C=O) groups is 4. The molecular weight excluding hydrogens is 737 g/mol. The van der Waals surface area contributed by atoms with E-state index in [1.807, 2.05) is 62.4 Å². The third-order valence-corrected chi connectivity index (χ3v) is 13.0. The number of ether oxygens (including phenoxy) is 2. The van der Waals surface area contributed by atoms with Crippen molar-refractivity contribution in [1.29, 1.82) is 0 Å². The van der Waals surface area contributed by atoms with Crippen LogP contribution in [0.2, 0.25) is 0 Å². The van der Waals surface area contributed by atoms with Gasteiger partial charge >= 0.3 is 6.09 Å². The zero-order valence-corrected chi connectivity index (χ0v) is 33.3. The molecule has 4 amide bonds. The summed E-state index contributed by atoms with van der Waals surface area (Å²) in [4.78, 5) is 67.3. The summed E-state index contributed by atoms with van der Waals surface area (Å²) in [5, 5.41) is 4.94. The fourth-order valence-corrected chi connectivity index (χ4v) is 8.83. The van der Waals surface area contributed by atoms with E-state index in [2.05, 4.69) is 21.9 Å². The molecule has 2 aromatic carbocycles. The van der Waals surface area contributed by atoms with E-state index in [1.54, 1.807) is 20.8 Å². The highest BCUT2D eigenvalue weighted by Crippen LogP contribution is 2.46. The molecule has 15 heteroatoms. The first-order valence-corrected chi connectivity index (χ1v) is 20.7. The topological polar surface area (TPSA) is 186 Å². The molecule has 4 aliphatic rings. The van der Waals surface area contributed by atoms with Gasteiger partial charge in [0.2, 0.25) is 27.7 Å². The molecule has 3 fully saturated rings. The summed E-state index contributed by atoms with van der Waals surface area (Å²) < 4.78 is 40.1. The molecule has 298 valence electrons. The third kappa shape index (κ3) is 8.09. The lowest BCUT2D eigenvalue weighted by atomic mass is 9.85. The zero-order chi connectivity index (χ0) is 40.2. The Bertz CT molecular complexity index is 2200. The van der Waals surface area contributed by atoms with E-state index in [4.69, 9.17) is 19.4 Å². The highest BCUT2D eigenvalue weighted by molar-refractivity contribution is 7.91. The first-order chi connectivity index (χ1) is 26.4. The van der Waals surface area contributed by atoms with Crippen molar-refractivity contribution in [2.24, 2.45) is 16.7 Å². The van der Waals surface area contributed by atoms with E-state index in [0.29, 0.717) is 42.4 Å². The second-order valence-electron chi connectivity index (χ2n) is 17.4. The van der Waals surface area contributed by atoms with E-state index in [0.717, 1.165) is 11.1 Å². The largest absolute Gasteiger partial charge is 0.471 e. The van der Waals surface area contributed by atoms with Gasteiger partial charge in [-0.2, -0.15) is 0 Å². The fraction of sp³-hybridized carbons (Fsp3) is 0.512. The van der Waals surface area contributed by atoms with Crippen LogP contribution >= 0.6 is 0 Å². The number of fused-ring (bicyclic) bond motifs is 7. The number of rotatable bonds is 6. The lowest BCUT2D eigenvalue weighted by Gasteiger charge is -2.35. The van der Waals surface area contributed by atoms with Gasteiger partial charge in [0.05, 0.1) is 29.4 Å². The van der Waals surface area contributed by atoms with Crippen LogP contribution in [0.25, 0.3) is 22.3 Å². The molecule has 14 nitrogen and oxygen atoms in total. The van der Waals surface area contributed by atoms with E-state index in [-0.39, 0.29) is 31.9 Å².